The predicted octanol–water partition coefficient (Wildman–Crippen LogP) is 1.57. The molecule has 0 aromatic heterocycles. The molecule has 1 aromatic carbocycles. The van der Waals surface area contributed by atoms with Crippen molar-refractivity contribution in [3.05, 3.63) is 35.9 Å². The van der Waals surface area contributed by atoms with Gasteiger partial charge in [-0.1, -0.05) is 35.5 Å². The lowest BCUT2D eigenvalue weighted by Gasteiger charge is -2.07. The van der Waals surface area contributed by atoms with E-state index in [1.165, 1.54) is 5.56 Å². The highest BCUT2D eigenvalue weighted by Gasteiger charge is 1.95. The molecule has 0 saturated carbocycles. The van der Waals surface area contributed by atoms with Gasteiger partial charge in [0.25, 0.3) is 5.91 Å². The highest BCUT2D eigenvalue weighted by Crippen LogP contribution is 1.96. The molecule has 8 heteroatoms. The Hall–Kier alpha value is -1.34. The number of carbonyl (C=O) groups excluding carboxylic acids is 1. The Morgan fingerprint density at radius 3 is 2.26 bits per heavy atom. The number of amides is 1. The first kappa shape index (κ1) is 23.9. The summed E-state index contributed by atoms with van der Waals surface area (Å²) in [6.45, 7) is 4.26. The molecule has 0 atom stereocenters. The van der Waals surface area contributed by atoms with Gasteiger partial charge in [-0.05, 0) is 38.0 Å². The van der Waals surface area contributed by atoms with E-state index >= 15 is 0 Å². The van der Waals surface area contributed by atoms with E-state index in [9.17, 15) is 4.79 Å². The summed E-state index contributed by atoms with van der Waals surface area (Å²) >= 11 is 0. The second-order valence-electron chi connectivity index (χ2n) is 4.66. The molecule has 0 fully saturated rings. The van der Waals surface area contributed by atoms with Crippen molar-refractivity contribution in [2.75, 3.05) is 26.2 Å². The van der Waals surface area contributed by atoms with E-state index < -0.39 is 0 Å². The first-order valence-corrected chi connectivity index (χ1v) is 7.23. The summed E-state index contributed by atoms with van der Waals surface area (Å²) in [6.07, 6.45) is 2.77. The number of nitrogens with one attached hydrogen (secondary N) is 3. The highest BCUT2D eigenvalue weighted by molar-refractivity contribution is 6.25. The maximum absolute atomic E-state index is 10.9. The van der Waals surface area contributed by atoms with Gasteiger partial charge in [-0.15, -0.1) is 24.8 Å². The normalized spacial score (nSPS) is 9.91. The van der Waals surface area contributed by atoms with E-state index in [4.69, 9.17) is 5.21 Å². The third kappa shape index (κ3) is 14.0. The van der Waals surface area contributed by atoms with E-state index in [0.29, 0.717) is 6.54 Å². The maximum atomic E-state index is 10.9. The van der Waals surface area contributed by atoms with Crippen LogP contribution in [0.4, 0.5) is 0 Å². The van der Waals surface area contributed by atoms with Crippen LogP contribution in [0.15, 0.2) is 35.5 Å². The van der Waals surface area contributed by atoms with Crippen LogP contribution >= 0.6 is 24.8 Å². The monoisotopic (exact) mass is 364 g/mol. The summed E-state index contributed by atoms with van der Waals surface area (Å²) in [5, 5.41) is 20.1. The zero-order valence-electron chi connectivity index (χ0n) is 13.0. The predicted molar refractivity (Wildman–Crippen MR) is 98.0 cm³/mol. The van der Waals surface area contributed by atoms with Gasteiger partial charge in [-0.25, -0.2) is 0 Å². The van der Waals surface area contributed by atoms with Crippen molar-refractivity contribution < 1.29 is 10.0 Å². The Morgan fingerprint density at radius 2 is 1.61 bits per heavy atom. The van der Waals surface area contributed by atoms with E-state index in [1.807, 2.05) is 18.2 Å². The Kier molecular flexibility index (Phi) is 17.7. The number of hydrogen-bond acceptors (Lipinski definition) is 5. The second-order valence-corrected chi connectivity index (χ2v) is 4.66. The largest absolute Gasteiger partial charge is 0.411 e. The van der Waals surface area contributed by atoms with Crippen molar-refractivity contribution in [1.82, 2.24) is 16.0 Å². The summed E-state index contributed by atoms with van der Waals surface area (Å²) < 4.78 is 0. The molecule has 0 bridgehead atoms. The minimum Gasteiger partial charge on any atom is -0.411 e. The van der Waals surface area contributed by atoms with Crippen LogP contribution in [-0.2, 0) is 11.3 Å². The fourth-order valence-corrected chi connectivity index (χ4v) is 1.82. The average molecular weight is 365 g/mol. The molecule has 0 heterocycles. The van der Waals surface area contributed by atoms with Crippen molar-refractivity contribution in [3.63, 3.8) is 0 Å². The van der Waals surface area contributed by atoms with Crippen molar-refractivity contribution in [2.24, 2.45) is 5.16 Å². The van der Waals surface area contributed by atoms with Crippen LogP contribution in [0.1, 0.15) is 18.4 Å². The second kappa shape index (κ2) is 17.0. The van der Waals surface area contributed by atoms with Gasteiger partial charge in [-0.3, -0.25) is 4.79 Å². The topological polar surface area (TPSA) is 85.8 Å². The van der Waals surface area contributed by atoms with Gasteiger partial charge in [0.2, 0.25) is 0 Å². The smallest absolute Gasteiger partial charge is 0.265 e. The molecule has 23 heavy (non-hydrogen) atoms. The average Bonchev–Trinajstić information content (AvgIpc) is 2.50. The van der Waals surface area contributed by atoms with Crippen LogP contribution in [0.3, 0.4) is 0 Å². The Labute approximate surface area is 149 Å². The number of nitrogens with zero attached hydrogens (tertiary/aromatic N) is 1. The quantitative estimate of drug-likeness (QED) is 0.208. The third-order valence-electron chi connectivity index (χ3n) is 2.88. The molecular weight excluding hydrogens is 339 g/mol. The number of hydrogen-bond donors (Lipinski definition) is 4. The van der Waals surface area contributed by atoms with Gasteiger partial charge < -0.3 is 21.2 Å². The molecule has 1 aromatic rings. The first-order chi connectivity index (χ1) is 10.3. The van der Waals surface area contributed by atoms with E-state index in [-0.39, 0.29) is 30.7 Å². The number of oxime groups is 1. The molecule has 0 aliphatic rings. The number of carbonyl (C=O) groups is 1. The molecule has 0 saturated heterocycles. The first-order valence-electron chi connectivity index (χ1n) is 7.23. The Morgan fingerprint density at radius 1 is 1.00 bits per heavy atom. The Balaban J connectivity index is 0. The highest BCUT2D eigenvalue weighted by atomic mass is 35.5. The number of benzene rings is 1. The maximum Gasteiger partial charge on any atom is 0.265 e. The lowest BCUT2D eigenvalue weighted by Crippen LogP contribution is -2.28. The van der Waals surface area contributed by atoms with Crippen molar-refractivity contribution in [3.8, 4) is 0 Å². The number of halogens is 2. The zero-order chi connectivity index (χ0) is 15.2. The van der Waals surface area contributed by atoms with Crippen LogP contribution < -0.4 is 16.0 Å². The molecule has 0 aliphatic heterocycles. The number of rotatable bonds is 11. The van der Waals surface area contributed by atoms with Gasteiger partial charge in [0.05, 0.1) is 0 Å². The van der Waals surface area contributed by atoms with Gasteiger partial charge in [0.1, 0.15) is 6.21 Å². The van der Waals surface area contributed by atoms with Crippen molar-refractivity contribution in [1.29, 1.82) is 0 Å². The van der Waals surface area contributed by atoms with Crippen LogP contribution in [0, 0.1) is 0 Å². The summed E-state index contributed by atoms with van der Waals surface area (Å²) in [4.78, 5) is 10.9. The fraction of sp³-hybridized carbons (Fsp3) is 0.467. The molecule has 0 aliphatic carbocycles. The zero-order valence-corrected chi connectivity index (χ0v) is 14.7. The molecule has 132 valence electrons. The van der Waals surface area contributed by atoms with E-state index in [1.54, 1.807) is 0 Å². The van der Waals surface area contributed by atoms with Crippen molar-refractivity contribution >= 4 is 36.9 Å². The molecule has 0 spiro atoms. The molecule has 6 nitrogen and oxygen atoms in total. The standard InChI is InChI=1S/C15H24N4O2.2ClH/c20-15(13-19-21)18-11-5-9-16-8-4-10-17-12-14-6-2-1-3-7-14;;/h1-3,6-7,13,16-17,21H,4-5,8-12H2,(H,18,20);2*1H/b19-13+;;. The minimum absolute atomic E-state index is 0. The fourth-order valence-electron chi connectivity index (χ4n) is 1.82. The molecule has 1 amide bonds. The summed E-state index contributed by atoms with van der Waals surface area (Å²) in [7, 11) is 0. The van der Waals surface area contributed by atoms with E-state index in [2.05, 4.69) is 33.2 Å². The van der Waals surface area contributed by atoms with Gasteiger partial charge in [-0.2, -0.15) is 0 Å². The lowest BCUT2D eigenvalue weighted by atomic mass is 10.2. The van der Waals surface area contributed by atoms with Gasteiger partial charge in [0, 0.05) is 13.1 Å². The minimum atomic E-state index is -0.373. The van der Waals surface area contributed by atoms with Crippen LogP contribution in [0.25, 0.3) is 0 Å². The van der Waals surface area contributed by atoms with Crippen molar-refractivity contribution in [2.45, 2.75) is 19.4 Å². The SMILES string of the molecule is Cl.Cl.O=C(/C=N/O)NCCCNCCCNCc1ccccc1. The molecule has 0 unspecified atom stereocenters. The van der Waals surface area contributed by atoms with Crippen LogP contribution in [0.5, 0.6) is 0 Å². The third-order valence-corrected chi connectivity index (χ3v) is 2.88. The summed E-state index contributed by atoms with van der Waals surface area (Å²) in [5.74, 6) is -0.373. The molecular formula is C15H26Cl2N4O2. The molecule has 4 N–H and O–H groups in total. The van der Waals surface area contributed by atoms with Crippen LogP contribution in [0.2, 0.25) is 0 Å². The Bertz CT molecular complexity index is 419. The lowest BCUT2D eigenvalue weighted by molar-refractivity contribution is -0.114. The molecule has 1 rings (SSSR count). The molecule has 0 radical (unpaired) electrons. The summed E-state index contributed by atoms with van der Waals surface area (Å²) in [6, 6.07) is 10.3. The van der Waals surface area contributed by atoms with Crippen LogP contribution in [-0.4, -0.2) is 43.5 Å². The van der Waals surface area contributed by atoms with Gasteiger partial charge in [0.15, 0.2) is 0 Å². The van der Waals surface area contributed by atoms with E-state index in [0.717, 1.165) is 45.2 Å². The van der Waals surface area contributed by atoms with Gasteiger partial charge >= 0.3 is 0 Å². The summed E-state index contributed by atoms with van der Waals surface area (Å²) in [5.41, 5.74) is 1.30.